The van der Waals surface area contributed by atoms with Gasteiger partial charge in [-0.2, -0.15) is 5.26 Å². The fourth-order valence-electron chi connectivity index (χ4n) is 3.86. The van der Waals surface area contributed by atoms with Crippen molar-refractivity contribution >= 4 is 0 Å². The highest BCUT2D eigenvalue weighted by molar-refractivity contribution is 5.67. The van der Waals surface area contributed by atoms with Crippen LogP contribution in [0.25, 0.3) is 11.1 Å². The van der Waals surface area contributed by atoms with E-state index in [9.17, 15) is 9.65 Å². The zero-order valence-corrected chi connectivity index (χ0v) is 13.3. The minimum absolute atomic E-state index is 0.117. The maximum atomic E-state index is 14.0. The van der Waals surface area contributed by atoms with Crippen LogP contribution in [0.3, 0.4) is 0 Å². The number of nitriles is 1. The molecule has 0 aromatic heterocycles. The minimum Gasteiger partial charge on any atom is -0.489 e. The number of benzene rings is 2. The predicted molar refractivity (Wildman–Crippen MR) is 90.1 cm³/mol. The summed E-state index contributed by atoms with van der Waals surface area (Å²) in [7, 11) is 0. The number of piperidine rings is 1. The number of hydrogen-bond acceptors (Lipinski definition) is 3. The van der Waals surface area contributed by atoms with E-state index < -0.39 is 0 Å². The molecular formula is C20H19FN2O. The molecule has 2 atom stereocenters. The number of nitrogens with zero attached hydrogens (tertiary/aromatic N) is 1. The molecule has 4 heteroatoms. The van der Waals surface area contributed by atoms with E-state index in [0.717, 1.165) is 18.4 Å². The van der Waals surface area contributed by atoms with Gasteiger partial charge in [0.2, 0.25) is 0 Å². The van der Waals surface area contributed by atoms with Crippen molar-refractivity contribution in [2.75, 3.05) is 0 Å². The molecule has 3 nitrogen and oxygen atoms in total. The number of halogens is 1. The van der Waals surface area contributed by atoms with Crippen LogP contribution in [0.2, 0.25) is 0 Å². The second kappa shape index (κ2) is 6.26. The first-order valence-electron chi connectivity index (χ1n) is 8.44. The van der Waals surface area contributed by atoms with Crippen LogP contribution in [0.15, 0.2) is 42.5 Å². The van der Waals surface area contributed by atoms with Crippen molar-refractivity contribution in [2.45, 2.75) is 43.9 Å². The van der Waals surface area contributed by atoms with Gasteiger partial charge >= 0.3 is 0 Å². The summed E-state index contributed by atoms with van der Waals surface area (Å²) < 4.78 is 20.2. The highest BCUT2D eigenvalue weighted by atomic mass is 19.1. The molecule has 2 heterocycles. The third kappa shape index (κ3) is 2.88. The fourth-order valence-corrected chi connectivity index (χ4v) is 3.86. The maximum absolute atomic E-state index is 14.0. The third-order valence-electron chi connectivity index (χ3n) is 5.01. The average molecular weight is 322 g/mol. The zero-order valence-electron chi connectivity index (χ0n) is 13.3. The Morgan fingerprint density at radius 3 is 2.54 bits per heavy atom. The average Bonchev–Trinajstić information content (AvgIpc) is 2.94. The lowest BCUT2D eigenvalue weighted by atomic mass is 10.0. The molecule has 1 N–H and O–H groups in total. The zero-order chi connectivity index (χ0) is 16.5. The summed E-state index contributed by atoms with van der Waals surface area (Å²) in [5.41, 5.74) is 1.76. The van der Waals surface area contributed by atoms with Crippen LogP contribution >= 0.6 is 0 Å². The Hall–Kier alpha value is -2.38. The molecule has 122 valence electrons. The lowest BCUT2D eigenvalue weighted by Crippen LogP contribution is -2.42. The Kier molecular flexibility index (Phi) is 3.95. The lowest BCUT2D eigenvalue weighted by molar-refractivity contribution is 0.137. The first-order chi connectivity index (χ1) is 11.7. The topological polar surface area (TPSA) is 45.0 Å². The molecule has 0 amide bonds. The lowest BCUT2D eigenvalue weighted by Gasteiger charge is -2.29. The molecule has 0 aliphatic carbocycles. The van der Waals surface area contributed by atoms with Crippen molar-refractivity contribution in [3.8, 4) is 22.9 Å². The van der Waals surface area contributed by atoms with Crippen LogP contribution in [-0.4, -0.2) is 18.2 Å². The van der Waals surface area contributed by atoms with Crippen LogP contribution in [0.5, 0.6) is 5.75 Å². The Bertz CT molecular complexity index is 786. The van der Waals surface area contributed by atoms with Crippen LogP contribution in [0.4, 0.5) is 4.39 Å². The summed E-state index contributed by atoms with van der Waals surface area (Å²) in [6, 6.07) is 15.2. The van der Waals surface area contributed by atoms with Crippen molar-refractivity contribution < 1.29 is 9.13 Å². The molecule has 2 bridgehead atoms. The van der Waals surface area contributed by atoms with Gasteiger partial charge in [0, 0.05) is 17.6 Å². The monoisotopic (exact) mass is 322 g/mol. The molecule has 2 saturated heterocycles. The molecular weight excluding hydrogens is 303 g/mol. The quantitative estimate of drug-likeness (QED) is 0.928. The summed E-state index contributed by atoms with van der Waals surface area (Å²) in [5.74, 6) is 0.289. The van der Waals surface area contributed by atoms with Crippen LogP contribution in [-0.2, 0) is 0 Å². The molecule has 2 aromatic rings. The molecule has 2 aliphatic heterocycles. The van der Waals surface area contributed by atoms with Gasteiger partial charge in [-0.25, -0.2) is 4.39 Å². The number of fused-ring (bicyclic) bond motifs is 2. The van der Waals surface area contributed by atoms with Crippen molar-refractivity contribution in [3.63, 3.8) is 0 Å². The second-order valence-electron chi connectivity index (χ2n) is 6.65. The molecule has 0 radical (unpaired) electrons. The molecule has 0 saturated carbocycles. The summed E-state index contributed by atoms with van der Waals surface area (Å²) in [4.78, 5) is 0. The maximum Gasteiger partial charge on any atom is 0.138 e. The SMILES string of the molecule is N#Cc1ccc(-c2ccccc2F)cc1OC1CC2CCC(C1)N2. The van der Waals surface area contributed by atoms with Gasteiger partial charge in [0.05, 0.1) is 5.56 Å². The molecule has 2 fully saturated rings. The Morgan fingerprint density at radius 1 is 1.08 bits per heavy atom. The van der Waals surface area contributed by atoms with Gasteiger partial charge < -0.3 is 10.1 Å². The largest absolute Gasteiger partial charge is 0.489 e. The molecule has 4 rings (SSSR count). The number of ether oxygens (including phenoxy) is 1. The summed E-state index contributed by atoms with van der Waals surface area (Å²) >= 11 is 0. The molecule has 2 aliphatic rings. The van der Waals surface area contributed by atoms with Crippen LogP contribution in [0.1, 0.15) is 31.2 Å². The molecule has 0 spiro atoms. The van der Waals surface area contributed by atoms with E-state index in [1.165, 1.54) is 18.9 Å². The highest BCUT2D eigenvalue weighted by Crippen LogP contribution is 2.33. The van der Waals surface area contributed by atoms with E-state index in [1.54, 1.807) is 30.3 Å². The van der Waals surface area contributed by atoms with Crippen molar-refractivity contribution in [3.05, 3.63) is 53.8 Å². The predicted octanol–water partition coefficient (Wildman–Crippen LogP) is 4.03. The van der Waals surface area contributed by atoms with Gasteiger partial charge in [0.1, 0.15) is 23.7 Å². The number of rotatable bonds is 3. The van der Waals surface area contributed by atoms with Gasteiger partial charge in [0.25, 0.3) is 0 Å². The van der Waals surface area contributed by atoms with Crippen LogP contribution in [0, 0.1) is 17.1 Å². The van der Waals surface area contributed by atoms with E-state index in [-0.39, 0.29) is 11.9 Å². The standard InChI is InChI=1S/C20H19FN2O/c21-19-4-2-1-3-18(19)13-5-6-14(12-22)20(9-13)24-17-10-15-7-8-16(11-17)23-15/h1-6,9,15-17,23H,7-8,10-11H2. The van der Waals surface area contributed by atoms with E-state index in [2.05, 4.69) is 11.4 Å². The van der Waals surface area contributed by atoms with Crippen molar-refractivity contribution in [1.82, 2.24) is 5.32 Å². The van der Waals surface area contributed by atoms with E-state index in [1.807, 2.05) is 6.07 Å². The first-order valence-corrected chi connectivity index (χ1v) is 8.44. The highest BCUT2D eigenvalue weighted by Gasteiger charge is 2.34. The van der Waals surface area contributed by atoms with Crippen molar-refractivity contribution in [2.24, 2.45) is 0 Å². The second-order valence-corrected chi connectivity index (χ2v) is 6.65. The smallest absolute Gasteiger partial charge is 0.138 e. The summed E-state index contributed by atoms with van der Waals surface area (Å²) in [5, 5.41) is 12.9. The van der Waals surface area contributed by atoms with Gasteiger partial charge in [0.15, 0.2) is 0 Å². The Labute approximate surface area is 141 Å². The Morgan fingerprint density at radius 2 is 1.83 bits per heavy atom. The van der Waals surface area contributed by atoms with E-state index in [0.29, 0.717) is 29.0 Å². The van der Waals surface area contributed by atoms with E-state index in [4.69, 9.17) is 4.74 Å². The Balaban J connectivity index is 1.63. The van der Waals surface area contributed by atoms with Gasteiger partial charge in [-0.15, -0.1) is 0 Å². The fraction of sp³-hybridized carbons (Fsp3) is 0.350. The number of nitrogens with one attached hydrogen (secondary N) is 1. The van der Waals surface area contributed by atoms with Crippen molar-refractivity contribution in [1.29, 1.82) is 5.26 Å². The van der Waals surface area contributed by atoms with Gasteiger partial charge in [-0.1, -0.05) is 24.3 Å². The molecule has 24 heavy (non-hydrogen) atoms. The number of hydrogen-bond donors (Lipinski definition) is 1. The third-order valence-corrected chi connectivity index (χ3v) is 5.01. The minimum atomic E-state index is -0.270. The first kappa shape index (κ1) is 15.2. The van der Waals surface area contributed by atoms with Gasteiger partial charge in [-0.3, -0.25) is 0 Å². The summed E-state index contributed by atoms with van der Waals surface area (Å²) in [6.07, 6.45) is 4.44. The van der Waals surface area contributed by atoms with E-state index >= 15 is 0 Å². The van der Waals surface area contributed by atoms with Gasteiger partial charge in [-0.05, 0) is 49.4 Å². The molecule has 2 unspecified atom stereocenters. The summed E-state index contributed by atoms with van der Waals surface area (Å²) in [6.45, 7) is 0. The molecule has 2 aromatic carbocycles. The van der Waals surface area contributed by atoms with Crippen LogP contribution < -0.4 is 10.1 Å². The normalized spacial score (nSPS) is 25.2.